The Bertz CT molecular complexity index is 2700. The molecule has 2 heterocycles. The lowest BCUT2D eigenvalue weighted by molar-refractivity contribution is 0.826. The molecule has 2 atom stereocenters. The highest BCUT2D eigenvalue weighted by Gasteiger charge is 2.16. The number of rotatable bonds is 6. The van der Waals surface area contributed by atoms with Gasteiger partial charge in [0.05, 0.1) is 0 Å². The smallest absolute Gasteiger partial charge is 0.0491 e. The van der Waals surface area contributed by atoms with Gasteiger partial charge >= 0.3 is 0 Å². The van der Waals surface area contributed by atoms with Crippen molar-refractivity contribution in [3.05, 3.63) is 179 Å². The minimum absolute atomic E-state index is 0.348. The van der Waals surface area contributed by atoms with E-state index in [0.717, 1.165) is 13.1 Å². The largest absolute Gasteiger partial charge is 0.341 e. The van der Waals surface area contributed by atoms with Crippen LogP contribution >= 0.6 is 0 Å². The van der Waals surface area contributed by atoms with Crippen LogP contribution in [0.4, 0.5) is 0 Å². The van der Waals surface area contributed by atoms with E-state index >= 15 is 0 Å². The summed E-state index contributed by atoms with van der Waals surface area (Å²) < 4.78 is 4.84. The molecule has 0 N–H and O–H groups in total. The normalized spacial score (nSPS) is 12.8. The Balaban J connectivity index is 0.000000151. The van der Waals surface area contributed by atoms with E-state index in [1.54, 1.807) is 0 Å². The van der Waals surface area contributed by atoms with Crippen molar-refractivity contribution in [3.63, 3.8) is 0 Å². The summed E-state index contributed by atoms with van der Waals surface area (Å²) >= 11 is 0. The Morgan fingerprint density at radius 1 is 0.404 bits per heavy atom. The molecule has 2 unspecified atom stereocenters. The van der Waals surface area contributed by atoms with Gasteiger partial charge in [-0.1, -0.05) is 122 Å². The molecular weight excluding hydrogens is 629 g/mol. The first kappa shape index (κ1) is 33.5. The predicted octanol–water partition coefficient (Wildman–Crippen LogP) is 13.7. The molecule has 9 aromatic rings. The number of hydrogen-bond donors (Lipinski definition) is 0. The molecule has 0 fully saturated rings. The maximum atomic E-state index is 2.43. The zero-order chi connectivity index (χ0) is 35.9. The van der Waals surface area contributed by atoms with Crippen molar-refractivity contribution in [2.75, 3.05) is 0 Å². The van der Waals surface area contributed by atoms with E-state index < -0.39 is 0 Å². The van der Waals surface area contributed by atoms with Gasteiger partial charge in [-0.15, -0.1) is 0 Å². The molecule has 0 spiro atoms. The van der Waals surface area contributed by atoms with Crippen molar-refractivity contribution in [3.8, 4) is 0 Å². The van der Waals surface area contributed by atoms with Gasteiger partial charge in [-0.2, -0.15) is 0 Å². The molecule has 52 heavy (non-hydrogen) atoms. The van der Waals surface area contributed by atoms with Gasteiger partial charge in [0.15, 0.2) is 0 Å². The third-order valence-corrected chi connectivity index (χ3v) is 11.3. The maximum absolute atomic E-state index is 2.43. The number of aromatic nitrogens is 2. The molecule has 7 aromatic carbocycles. The third kappa shape index (κ3) is 5.87. The van der Waals surface area contributed by atoms with Crippen LogP contribution in [0.25, 0.3) is 54.4 Å². The van der Waals surface area contributed by atoms with Crippen molar-refractivity contribution in [2.45, 2.75) is 66.5 Å². The van der Waals surface area contributed by atoms with Gasteiger partial charge in [-0.3, -0.25) is 0 Å². The van der Waals surface area contributed by atoms with Crippen LogP contribution in [0.1, 0.15) is 72.9 Å². The Morgan fingerprint density at radius 3 is 1.42 bits per heavy atom. The van der Waals surface area contributed by atoms with E-state index in [2.05, 4.69) is 196 Å². The van der Waals surface area contributed by atoms with Gasteiger partial charge in [-0.05, 0) is 109 Å². The van der Waals surface area contributed by atoms with Crippen molar-refractivity contribution >= 4 is 54.4 Å². The Labute approximate surface area is 308 Å². The molecule has 0 saturated heterocycles. The average Bonchev–Trinajstić information content (AvgIpc) is 3.67. The van der Waals surface area contributed by atoms with E-state index in [1.807, 2.05) is 0 Å². The number of aryl methyl sites for hydroxylation is 4. The van der Waals surface area contributed by atoms with Crippen molar-refractivity contribution in [2.24, 2.45) is 0 Å². The van der Waals surface area contributed by atoms with Crippen LogP contribution in [0.3, 0.4) is 0 Å². The molecule has 0 aliphatic rings. The highest BCUT2D eigenvalue weighted by atomic mass is 15.0. The van der Waals surface area contributed by atoms with Gasteiger partial charge < -0.3 is 9.13 Å². The fraction of sp³-hybridized carbons (Fsp3) is 0.200. The van der Waals surface area contributed by atoms with Crippen LogP contribution in [0, 0.1) is 13.8 Å². The molecule has 2 aromatic heterocycles. The van der Waals surface area contributed by atoms with Crippen molar-refractivity contribution < 1.29 is 0 Å². The molecule has 9 rings (SSSR count). The Kier molecular flexibility index (Phi) is 8.93. The second kappa shape index (κ2) is 13.8. The summed E-state index contributed by atoms with van der Waals surface area (Å²) in [6.07, 6.45) is 0. The second-order valence-corrected chi connectivity index (χ2v) is 14.5. The van der Waals surface area contributed by atoms with Gasteiger partial charge in [0.1, 0.15) is 0 Å². The molecule has 0 radical (unpaired) electrons. The standard InChI is InChI=1S/C27H25N.C23H23N/c1-4-28-26-14-12-18(2)16-24(26)25-17-21(13-15-27(25)28)19(3)22-11-7-9-20-8-5-6-10-23(20)22;1-4-24-22-12-10-16(2)14-20(22)21-15-19(11-13-23(21)24)17(3)18-8-6-5-7-9-18/h5-17,19H,4H2,1-3H3;5-15,17H,4H2,1-3H3. The first-order valence-corrected chi connectivity index (χ1v) is 18.9. The molecular formula is C50H48N2. The monoisotopic (exact) mass is 676 g/mol. The lowest BCUT2D eigenvalue weighted by atomic mass is 9.88. The van der Waals surface area contributed by atoms with Crippen LogP contribution < -0.4 is 0 Å². The van der Waals surface area contributed by atoms with Gasteiger partial charge in [0.2, 0.25) is 0 Å². The van der Waals surface area contributed by atoms with E-state index in [-0.39, 0.29) is 0 Å². The topological polar surface area (TPSA) is 9.86 Å². The SMILES string of the molecule is CCn1c2ccc(C)cc2c2cc(C(C)c3cccc4ccccc34)ccc21.CCn1c2ccc(C)cc2c2cc(C(C)c3ccccc3)ccc21. The predicted molar refractivity (Wildman–Crippen MR) is 225 cm³/mol. The molecule has 0 amide bonds. The molecule has 0 bridgehead atoms. The fourth-order valence-electron chi connectivity index (χ4n) is 8.43. The van der Waals surface area contributed by atoms with Crippen molar-refractivity contribution in [1.29, 1.82) is 0 Å². The molecule has 2 heteroatoms. The first-order valence-electron chi connectivity index (χ1n) is 18.9. The zero-order valence-electron chi connectivity index (χ0n) is 31.3. The quantitative estimate of drug-likeness (QED) is 0.166. The molecule has 0 aliphatic heterocycles. The van der Waals surface area contributed by atoms with Crippen LogP contribution in [0.5, 0.6) is 0 Å². The zero-order valence-corrected chi connectivity index (χ0v) is 31.3. The molecule has 0 saturated carbocycles. The lowest BCUT2D eigenvalue weighted by Crippen LogP contribution is -1.98. The second-order valence-electron chi connectivity index (χ2n) is 14.5. The van der Waals surface area contributed by atoms with Crippen LogP contribution in [0.15, 0.2) is 146 Å². The highest BCUT2D eigenvalue weighted by Crippen LogP contribution is 2.37. The first-order chi connectivity index (χ1) is 25.4. The van der Waals surface area contributed by atoms with Crippen molar-refractivity contribution in [1.82, 2.24) is 9.13 Å². The van der Waals surface area contributed by atoms with E-state index in [1.165, 1.54) is 87.8 Å². The number of nitrogens with zero attached hydrogens (tertiary/aromatic N) is 2. The van der Waals surface area contributed by atoms with E-state index in [4.69, 9.17) is 0 Å². The minimum Gasteiger partial charge on any atom is -0.341 e. The van der Waals surface area contributed by atoms with Crippen LogP contribution in [-0.2, 0) is 13.1 Å². The summed E-state index contributed by atoms with van der Waals surface area (Å²) in [4.78, 5) is 0. The third-order valence-electron chi connectivity index (χ3n) is 11.3. The summed E-state index contributed by atoms with van der Waals surface area (Å²) in [6, 6.07) is 53.7. The Morgan fingerprint density at radius 2 is 0.865 bits per heavy atom. The number of hydrogen-bond acceptors (Lipinski definition) is 0. The van der Waals surface area contributed by atoms with Gasteiger partial charge in [0.25, 0.3) is 0 Å². The number of benzene rings is 7. The Hall–Kier alpha value is -5.60. The van der Waals surface area contributed by atoms with Gasteiger partial charge in [-0.25, -0.2) is 0 Å². The molecule has 2 nitrogen and oxygen atoms in total. The van der Waals surface area contributed by atoms with E-state index in [9.17, 15) is 0 Å². The summed E-state index contributed by atoms with van der Waals surface area (Å²) in [5, 5.41) is 8.13. The molecule has 0 aliphatic carbocycles. The maximum Gasteiger partial charge on any atom is 0.0491 e. The van der Waals surface area contributed by atoms with Gasteiger partial charge in [0, 0.05) is 68.5 Å². The summed E-state index contributed by atoms with van der Waals surface area (Å²) in [6.45, 7) is 15.4. The highest BCUT2D eigenvalue weighted by molar-refractivity contribution is 6.09. The average molecular weight is 677 g/mol. The minimum atomic E-state index is 0.348. The van der Waals surface area contributed by atoms with Crippen LogP contribution in [0.2, 0.25) is 0 Å². The summed E-state index contributed by atoms with van der Waals surface area (Å²) in [7, 11) is 0. The summed E-state index contributed by atoms with van der Waals surface area (Å²) in [5.74, 6) is 0.751. The van der Waals surface area contributed by atoms with E-state index in [0.29, 0.717) is 11.8 Å². The lowest BCUT2D eigenvalue weighted by Gasteiger charge is -2.16. The van der Waals surface area contributed by atoms with Crippen LogP contribution in [-0.4, -0.2) is 9.13 Å². The molecule has 258 valence electrons. The number of fused-ring (bicyclic) bond motifs is 7. The summed E-state index contributed by atoms with van der Waals surface area (Å²) in [5.41, 5.74) is 13.5. The fourth-order valence-corrected chi connectivity index (χ4v) is 8.43.